The maximum absolute atomic E-state index is 5.56. The van der Waals surface area contributed by atoms with E-state index in [1.807, 2.05) is 30.3 Å². The summed E-state index contributed by atoms with van der Waals surface area (Å²) < 4.78 is 16.2. The molecule has 0 spiro atoms. The van der Waals surface area contributed by atoms with Gasteiger partial charge in [-0.2, -0.15) is 0 Å². The Morgan fingerprint density at radius 2 is 1.90 bits per heavy atom. The second-order valence-electron chi connectivity index (χ2n) is 6.07. The molecule has 1 N–H and O–H groups in total. The van der Waals surface area contributed by atoms with Gasteiger partial charge in [-0.25, -0.2) is 9.97 Å². The number of hydrogen-bond acceptors (Lipinski definition) is 8. The van der Waals surface area contributed by atoms with E-state index in [-0.39, 0.29) is 0 Å². The Kier molecular flexibility index (Phi) is 5.33. The van der Waals surface area contributed by atoms with Crippen molar-refractivity contribution in [2.75, 3.05) is 19.5 Å². The highest BCUT2D eigenvalue weighted by Gasteiger charge is 2.15. The number of hydrogen-bond donors (Lipinski definition) is 1. The van der Waals surface area contributed by atoms with E-state index in [1.165, 1.54) is 0 Å². The summed E-state index contributed by atoms with van der Waals surface area (Å²) >= 11 is 0. The molecule has 3 heterocycles. The number of anilines is 1. The SMILES string of the molecule is COc1ccc(CNc2ncc(-c3cnccn3)c(-c3ccco3)n2)cc1OC. The van der Waals surface area contributed by atoms with Gasteiger partial charge in [0.25, 0.3) is 0 Å². The van der Waals surface area contributed by atoms with E-state index in [2.05, 4.69) is 25.3 Å². The van der Waals surface area contributed by atoms with Crippen LogP contribution in [-0.2, 0) is 6.54 Å². The number of furan rings is 1. The zero-order valence-electron chi connectivity index (χ0n) is 16.0. The summed E-state index contributed by atoms with van der Waals surface area (Å²) in [6.45, 7) is 0.516. The molecule has 0 aliphatic rings. The number of aromatic nitrogens is 4. The molecule has 0 fully saturated rings. The zero-order chi connectivity index (χ0) is 20.1. The Morgan fingerprint density at radius 1 is 1.00 bits per heavy atom. The van der Waals surface area contributed by atoms with Crippen LogP contribution >= 0.6 is 0 Å². The minimum absolute atomic E-state index is 0.471. The second-order valence-corrected chi connectivity index (χ2v) is 6.07. The fourth-order valence-electron chi connectivity index (χ4n) is 2.87. The number of ether oxygens (including phenoxy) is 2. The van der Waals surface area contributed by atoms with Crippen molar-refractivity contribution in [1.29, 1.82) is 0 Å². The molecular weight excluding hydrogens is 370 g/mol. The first-order valence-electron chi connectivity index (χ1n) is 8.90. The lowest BCUT2D eigenvalue weighted by Crippen LogP contribution is -2.05. The van der Waals surface area contributed by atoms with Crippen molar-refractivity contribution in [3.63, 3.8) is 0 Å². The maximum Gasteiger partial charge on any atom is 0.223 e. The van der Waals surface area contributed by atoms with Crippen LogP contribution in [0.5, 0.6) is 11.5 Å². The van der Waals surface area contributed by atoms with Crippen LogP contribution in [0.1, 0.15) is 5.56 Å². The van der Waals surface area contributed by atoms with Gasteiger partial charge in [-0.1, -0.05) is 6.07 Å². The minimum atomic E-state index is 0.471. The van der Waals surface area contributed by atoms with Crippen LogP contribution in [0.2, 0.25) is 0 Å². The molecule has 1 aromatic carbocycles. The summed E-state index contributed by atoms with van der Waals surface area (Å²) in [5.74, 6) is 2.45. The number of nitrogens with one attached hydrogen (secondary N) is 1. The molecule has 0 saturated heterocycles. The molecule has 0 amide bonds. The highest BCUT2D eigenvalue weighted by Crippen LogP contribution is 2.30. The average Bonchev–Trinajstić information content (AvgIpc) is 3.33. The van der Waals surface area contributed by atoms with E-state index >= 15 is 0 Å². The van der Waals surface area contributed by atoms with Gasteiger partial charge in [0.1, 0.15) is 5.69 Å². The molecule has 0 saturated carbocycles. The normalized spacial score (nSPS) is 10.6. The van der Waals surface area contributed by atoms with Crippen molar-refractivity contribution < 1.29 is 13.9 Å². The predicted molar refractivity (Wildman–Crippen MR) is 108 cm³/mol. The Hall–Kier alpha value is -3.94. The molecule has 8 heteroatoms. The van der Waals surface area contributed by atoms with Gasteiger partial charge in [-0.05, 0) is 29.8 Å². The summed E-state index contributed by atoms with van der Waals surface area (Å²) in [5.41, 5.74) is 3.05. The van der Waals surface area contributed by atoms with E-state index in [1.54, 1.807) is 45.3 Å². The summed E-state index contributed by atoms with van der Waals surface area (Å²) in [7, 11) is 3.22. The van der Waals surface area contributed by atoms with E-state index in [4.69, 9.17) is 13.9 Å². The van der Waals surface area contributed by atoms with Crippen LogP contribution in [0.25, 0.3) is 22.7 Å². The number of methoxy groups -OCH3 is 2. The number of benzene rings is 1. The monoisotopic (exact) mass is 389 g/mol. The molecule has 29 heavy (non-hydrogen) atoms. The van der Waals surface area contributed by atoms with E-state index in [0.29, 0.717) is 41.1 Å². The molecule has 0 atom stereocenters. The van der Waals surface area contributed by atoms with Crippen molar-refractivity contribution in [3.8, 4) is 34.2 Å². The first-order valence-corrected chi connectivity index (χ1v) is 8.90. The van der Waals surface area contributed by atoms with Gasteiger partial charge in [-0.3, -0.25) is 9.97 Å². The van der Waals surface area contributed by atoms with Gasteiger partial charge in [0, 0.05) is 30.7 Å². The first-order chi connectivity index (χ1) is 14.3. The zero-order valence-corrected chi connectivity index (χ0v) is 16.0. The lowest BCUT2D eigenvalue weighted by atomic mass is 10.1. The van der Waals surface area contributed by atoms with Gasteiger partial charge in [0.2, 0.25) is 5.95 Å². The van der Waals surface area contributed by atoms with E-state index in [9.17, 15) is 0 Å². The Bertz CT molecular complexity index is 1080. The summed E-state index contributed by atoms with van der Waals surface area (Å²) in [6, 6.07) is 9.39. The predicted octanol–water partition coefficient (Wildman–Crippen LogP) is 3.82. The highest BCUT2D eigenvalue weighted by atomic mass is 16.5. The largest absolute Gasteiger partial charge is 0.493 e. The van der Waals surface area contributed by atoms with Crippen molar-refractivity contribution in [2.24, 2.45) is 0 Å². The van der Waals surface area contributed by atoms with Crippen molar-refractivity contribution >= 4 is 5.95 Å². The molecule has 4 aromatic rings. The molecule has 0 aliphatic carbocycles. The van der Waals surface area contributed by atoms with Crippen LogP contribution in [0.4, 0.5) is 5.95 Å². The molecule has 0 radical (unpaired) electrons. The van der Waals surface area contributed by atoms with Crippen LogP contribution in [0.3, 0.4) is 0 Å². The summed E-state index contributed by atoms with van der Waals surface area (Å²) in [4.78, 5) is 17.5. The third kappa shape index (κ3) is 4.01. The molecule has 8 nitrogen and oxygen atoms in total. The van der Waals surface area contributed by atoms with Gasteiger partial charge in [0.05, 0.1) is 32.4 Å². The fraction of sp³-hybridized carbons (Fsp3) is 0.143. The molecule has 4 rings (SSSR count). The highest BCUT2D eigenvalue weighted by molar-refractivity contribution is 5.76. The van der Waals surface area contributed by atoms with Crippen molar-refractivity contribution in [2.45, 2.75) is 6.54 Å². The third-order valence-corrected chi connectivity index (χ3v) is 4.28. The van der Waals surface area contributed by atoms with Crippen LogP contribution in [0, 0.1) is 0 Å². The van der Waals surface area contributed by atoms with E-state index in [0.717, 1.165) is 11.1 Å². The number of nitrogens with zero attached hydrogens (tertiary/aromatic N) is 4. The summed E-state index contributed by atoms with van der Waals surface area (Å²) in [5, 5.41) is 3.23. The van der Waals surface area contributed by atoms with E-state index < -0.39 is 0 Å². The molecule has 0 unspecified atom stereocenters. The summed E-state index contributed by atoms with van der Waals surface area (Å²) in [6.07, 6.45) is 8.24. The molecule has 0 aliphatic heterocycles. The lowest BCUT2D eigenvalue weighted by Gasteiger charge is -2.11. The third-order valence-electron chi connectivity index (χ3n) is 4.28. The fourth-order valence-corrected chi connectivity index (χ4v) is 2.87. The maximum atomic E-state index is 5.56. The van der Waals surface area contributed by atoms with Crippen LogP contribution in [-0.4, -0.2) is 34.2 Å². The Balaban J connectivity index is 1.61. The number of rotatable bonds is 7. The van der Waals surface area contributed by atoms with Crippen LogP contribution in [0.15, 0.2) is 65.8 Å². The average molecular weight is 389 g/mol. The van der Waals surface area contributed by atoms with Crippen molar-refractivity contribution in [1.82, 2.24) is 19.9 Å². The lowest BCUT2D eigenvalue weighted by molar-refractivity contribution is 0.354. The molecule has 0 bridgehead atoms. The van der Waals surface area contributed by atoms with Crippen LogP contribution < -0.4 is 14.8 Å². The minimum Gasteiger partial charge on any atom is -0.493 e. The van der Waals surface area contributed by atoms with Gasteiger partial charge in [-0.15, -0.1) is 0 Å². The first kappa shape index (κ1) is 18.4. The van der Waals surface area contributed by atoms with Gasteiger partial charge in [0.15, 0.2) is 17.3 Å². The quantitative estimate of drug-likeness (QED) is 0.510. The topological polar surface area (TPSA) is 95.2 Å². The van der Waals surface area contributed by atoms with Gasteiger partial charge < -0.3 is 19.2 Å². The molecule has 146 valence electrons. The Labute approximate surface area is 167 Å². The second kappa shape index (κ2) is 8.39. The Morgan fingerprint density at radius 3 is 2.62 bits per heavy atom. The molecule has 3 aromatic heterocycles. The molecular formula is C21H19N5O3. The van der Waals surface area contributed by atoms with Crippen molar-refractivity contribution in [3.05, 3.63) is 66.9 Å². The standard InChI is InChI=1S/C21H19N5O3/c1-27-17-6-5-14(10-19(17)28-2)11-24-21-25-12-15(16-13-22-7-8-23-16)20(26-21)18-4-3-9-29-18/h3-10,12-13H,11H2,1-2H3,(H,24,25,26). The smallest absolute Gasteiger partial charge is 0.223 e. The van der Waals surface area contributed by atoms with Gasteiger partial charge >= 0.3 is 0 Å².